The Morgan fingerprint density at radius 3 is 2.41 bits per heavy atom. The molecule has 1 aliphatic rings. The van der Waals surface area contributed by atoms with E-state index >= 15 is 0 Å². The molecule has 0 spiro atoms. The van der Waals surface area contributed by atoms with Gasteiger partial charge in [-0.3, -0.25) is 14.9 Å². The fraction of sp³-hybridized carbons (Fsp3) is 0.0417. The summed E-state index contributed by atoms with van der Waals surface area (Å²) >= 11 is 0. The molecule has 0 saturated carbocycles. The molecule has 0 bridgehead atoms. The maximum Gasteiger partial charge on any atom is 0.281 e. The average molecular weight is 424 g/mol. The normalized spacial score (nSPS) is 14.2. The van der Waals surface area contributed by atoms with Crippen molar-refractivity contribution in [2.24, 2.45) is 5.10 Å². The van der Waals surface area contributed by atoms with Crippen LogP contribution in [0.2, 0.25) is 0 Å². The van der Waals surface area contributed by atoms with Crippen LogP contribution in [0, 0.1) is 21.4 Å². The molecule has 1 amide bonds. The average Bonchev–Trinajstić information content (AvgIpc) is 3.15. The van der Waals surface area contributed by atoms with Crippen molar-refractivity contribution in [2.75, 3.05) is 11.6 Å². The van der Waals surface area contributed by atoms with Crippen LogP contribution in [0.4, 0.5) is 11.4 Å². The second kappa shape index (κ2) is 8.93. The molecule has 8 heteroatoms. The van der Waals surface area contributed by atoms with Gasteiger partial charge in [0.25, 0.3) is 11.6 Å². The molecule has 1 heterocycles. The van der Waals surface area contributed by atoms with Crippen LogP contribution in [0.25, 0.3) is 6.08 Å². The Labute approximate surface area is 183 Å². The molecule has 3 aromatic rings. The zero-order valence-corrected chi connectivity index (χ0v) is 16.7. The zero-order chi connectivity index (χ0) is 22.5. The van der Waals surface area contributed by atoms with Crippen molar-refractivity contribution < 1.29 is 14.5 Å². The molecule has 0 unspecified atom stereocenters. The summed E-state index contributed by atoms with van der Waals surface area (Å²) in [5.74, 6) is 0.0864. The van der Waals surface area contributed by atoms with Crippen LogP contribution in [0.5, 0.6) is 5.75 Å². The minimum absolute atomic E-state index is 0.0769. The highest BCUT2D eigenvalue weighted by atomic mass is 16.6. The maximum atomic E-state index is 13.4. The van der Waals surface area contributed by atoms with Crippen LogP contribution < -0.4 is 9.75 Å². The van der Waals surface area contributed by atoms with E-state index in [1.807, 2.05) is 36.4 Å². The Bertz CT molecular complexity index is 1280. The van der Waals surface area contributed by atoms with Crippen molar-refractivity contribution in [1.29, 1.82) is 5.26 Å². The molecule has 3 aromatic carbocycles. The minimum atomic E-state index is -0.502. The summed E-state index contributed by atoms with van der Waals surface area (Å²) in [6, 6.07) is 23.9. The number of amides is 1. The first-order valence-electron chi connectivity index (χ1n) is 9.62. The highest BCUT2D eigenvalue weighted by molar-refractivity contribution is 6.37. The summed E-state index contributed by atoms with van der Waals surface area (Å²) < 4.78 is 5.49. The molecule has 0 saturated heterocycles. The SMILES string of the molecule is N#CCOc1ccccc1/C=C1\C(=O)N(c2ccc([N+](=O)[O-])cc2)N=C1c1ccccc1. The van der Waals surface area contributed by atoms with Crippen LogP contribution in [0.15, 0.2) is 89.5 Å². The van der Waals surface area contributed by atoms with Crippen LogP contribution in [0.1, 0.15) is 11.1 Å². The summed E-state index contributed by atoms with van der Waals surface area (Å²) in [7, 11) is 0. The number of anilines is 1. The lowest BCUT2D eigenvalue weighted by Gasteiger charge is -2.11. The van der Waals surface area contributed by atoms with E-state index in [4.69, 9.17) is 10.00 Å². The summed E-state index contributed by atoms with van der Waals surface area (Å²) in [6.07, 6.45) is 1.67. The van der Waals surface area contributed by atoms with E-state index < -0.39 is 4.92 Å². The maximum absolute atomic E-state index is 13.4. The number of carbonyl (C=O) groups excluding carboxylic acids is 1. The van der Waals surface area contributed by atoms with E-state index in [9.17, 15) is 14.9 Å². The van der Waals surface area contributed by atoms with E-state index in [0.29, 0.717) is 28.3 Å². The van der Waals surface area contributed by atoms with Gasteiger partial charge in [0, 0.05) is 23.3 Å². The summed E-state index contributed by atoms with van der Waals surface area (Å²) in [5.41, 5.74) is 2.50. The van der Waals surface area contributed by atoms with Crippen molar-refractivity contribution in [3.05, 3.63) is 106 Å². The van der Waals surface area contributed by atoms with E-state index in [1.165, 1.54) is 29.3 Å². The Hall–Kier alpha value is -4.77. The number of non-ortho nitro benzene ring substituents is 1. The van der Waals surface area contributed by atoms with E-state index in [1.54, 1.807) is 30.3 Å². The molecule has 0 atom stereocenters. The number of hydrazone groups is 1. The Morgan fingerprint density at radius 2 is 1.72 bits per heavy atom. The topological polar surface area (TPSA) is 109 Å². The molecular formula is C24H16N4O4. The molecule has 0 aliphatic carbocycles. The molecule has 32 heavy (non-hydrogen) atoms. The van der Waals surface area contributed by atoms with Gasteiger partial charge in [-0.25, -0.2) is 0 Å². The van der Waals surface area contributed by atoms with Crippen molar-refractivity contribution in [1.82, 2.24) is 0 Å². The molecule has 8 nitrogen and oxygen atoms in total. The molecule has 0 fully saturated rings. The van der Waals surface area contributed by atoms with Crippen molar-refractivity contribution in [3.8, 4) is 11.8 Å². The minimum Gasteiger partial charge on any atom is -0.478 e. The van der Waals surface area contributed by atoms with Crippen molar-refractivity contribution >= 4 is 29.1 Å². The second-order valence-electron chi connectivity index (χ2n) is 6.75. The largest absolute Gasteiger partial charge is 0.478 e. The van der Waals surface area contributed by atoms with Crippen LogP contribution in [-0.2, 0) is 4.79 Å². The monoisotopic (exact) mass is 424 g/mol. The number of hydrogen-bond acceptors (Lipinski definition) is 6. The van der Waals surface area contributed by atoms with E-state index in [0.717, 1.165) is 5.56 Å². The standard InChI is InChI=1S/C24H16N4O4/c25-14-15-32-22-9-5-4-8-18(22)16-21-23(17-6-2-1-3-7-17)26-27(24(21)29)19-10-12-20(13-11-19)28(30)31/h1-13,16H,15H2/b21-16-. The van der Waals surface area contributed by atoms with Crippen LogP contribution >= 0.6 is 0 Å². The van der Waals surface area contributed by atoms with Crippen molar-refractivity contribution in [3.63, 3.8) is 0 Å². The molecule has 0 radical (unpaired) electrons. The lowest BCUT2D eigenvalue weighted by Crippen LogP contribution is -2.21. The number of benzene rings is 3. The summed E-state index contributed by atoms with van der Waals surface area (Å²) in [4.78, 5) is 23.8. The van der Waals surface area contributed by atoms with Gasteiger partial charge >= 0.3 is 0 Å². The first-order chi connectivity index (χ1) is 15.6. The lowest BCUT2D eigenvalue weighted by atomic mass is 10.00. The molecular weight excluding hydrogens is 408 g/mol. The quantitative estimate of drug-likeness (QED) is 0.332. The first kappa shape index (κ1) is 20.5. The zero-order valence-electron chi connectivity index (χ0n) is 16.7. The Morgan fingerprint density at radius 1 is 1.03 bits per heavy atom. The van der Waals surface area contributed by atoms with Crippen molar-refractivity contribution in [2.45, 2.75) is 0 Å². The summed E-state index contributed by atoms with van der Waals surface area (Å²) in [5, 5.41) is 25.5. The number of nitro benzene ring substituents is 1. The highest BCUT2D eigenvalue weighted by Gasteiger charge is 2.32. The van der Waals surface area contributed by atoms with Gasteiger partial charge in [-0.1, -0.05) is 48.5 Å². The first-order valence-corrected chi connectivity index (χ1v) is 9.62. The predicted octanol–water partition coefficient (Wildman–Crippen LogP) is 4.33. The van der Waals surface area contributed by atoms with Gasteiger partial charge < -0.3 is 4.74 Å². The predicted molar refractivity (Wildman–Crippen MR) is 119 cm³/mol. The molecule has 0 aromatic heterocycles. The number of para-hydroxylation sites is 1. The number of rotatable bonds is 6. The lowest BCUT2D eigenvalue weighted by molar-refractivity contribution is -0.384. The van der Waals surface area contributed by atoms with Gasteiger partial charge in [-0.15, -0.1) is 0 Å². The van der Waals surface area contributed by atoms with Gasteiger partial charge in [0.05, 0.1) is 16.2 Å². The van der Waals surface area contributed by atoms with Crippen LogP contribution in [-0.4, -0.2) is 23.1 Å². The fourth-order valence-corrected chi connectivity index (χ4v) is 3.24. The van der Waals surface area contributed by atoms with Crippen LogP contribution in [0.3, 0.4) is 0 Å². The second-order valence-corrected chi connectivity index (χ2v) is 6.75. The highest BCUT2D eigenvalue weighted by Crippen LogP contribution is 2.30. The third kappa shape index (κ3) is 4.08. The van der Waals surface area contributed by atoms with Gasteiger partial charge in [-0.05, 0) is 24.3 Å². The number of nitrogens with zero attached hydrogens (tertiary/aromatic N) is 4. The third-order valence-corrected chi connectivity index (χ3v) is 4.74. The smallest absolute Gasteiger partial charge is 0.281 e. The molecule has 0 N–H and O–H groups in total. The number of ether oxygens (including phenoxy) is 1. The van der Waals surface area contributed by atoms with Gasteiger partial charge in [0.2, 0.25) is 0 Å². The number of hydrogen-bond donors (Lipinski definition) is 0. The Kier molecular flexibility index (Phi) is 5.72. The Balaban J connectivity index is 1.79. The van der Waals surface area contributed by atoms with Gasteiger partial charge in [-0.2, -0.15) is 15.4 Å². The third-order valence-electron chi connectivity index (χ3n) is 4.74. The van der Waals surface area contributed by atoms with E-state index in [2.05, 4.69) is 5.10 Å². The van der Waals surface area contributed by atoms with Gasteiger partial charge in [0.15, 0.2) is 6.61 Å². The molecule has 1 aliphatic heterocycles. The number of nitro groups is 1. The van der Waals surface area contributed by atoms with Gasteiger partial charge in [0.1, 0.15) is 17.5 Å². The summed E-state index contributed by atoms with van der Waals surface area (Å²) in [6.45, 7) is -0.122. The fourth-order valence-electron chi connectivity index (χ4n) is 3.24. The number of nitriles is 1. The molecule has 4 rings (SSSR count). The van der Waals surface area contributed by atoms with E-state index in [-0.39, 0.29) is 18.2 Å². The molecule has 156 valence electrons. The number of carbonyl (C=O) groups is 1.